The number of carbonyl (C=O) groups is 1. The standard InChI is InChI=1S/C10H17IN2O4/c1-6-5-12(3-4-13(6)11)9(14)7-8(17-7)10(15)16-2/h6-9,14H,3-5H2,1-2H3/t6-,7?,8?,9?/m0/s1. The summed E-state index contributed by atoms with van der Waals surface area (Å²) < 4.78 is 12.0. The van der Waals surface area contributed by atoms with Gasteiger partial charge >= 0.3 is 5.97 Å². The monoisotopic (exact) mass is 356 g/mol. The Morgan fingerprint density at radius 1 is 1.59 bits per heavy atom. The summed E-state index contributed by atoms with van der Waals surface area (Å²) in [6.07, 6.45) is -1.75. The highest BCUT2D eigenvalue weighted by Crippen LogP contribution is 2.29. The van der Waals surface area contributed by atoms with Crippen molar-refractivity contribution in [2.45, 2.75) is 31.4 Å². The summed E-state index contributed by atoms with van der Waals surface area (Å²) in [5, 5.41) is 10.1. The number of methoxy groups -OCH3 is 1. The van der Waals surface area contributed by atoms with Crippen LogP contribution in [0.15, 0.2) is 0 Å². The number of carbonyl (C=O) groups excluding carboxylic acids is 1. The minimum Gasteiger partial charge on any atom is -0.467 e. The van der Waals surface area contributed by atoms with Crippen molar-refractivity contribution >= 4 is 28.8 Å². The summed E-state index contributed by atoms with van der Waals surface area (Å²) >= 11 is 2.29. The first-order valence-corrected chi connectivity index (χ1v) is 6.59. The number of aliphatic hydroxyl groups is 1. The van der Waals surface area contributed by atoms with E-state index in [1.165, 1.54) is 7.11 Å². The van der Waals surface area contributed by atoms with Crippen molar-refractivity contribution in [3.05, 3.63) is 0 Å². The van der Waals surface area contributed by atoms with E-state index in [0.29, 0.717) is 6.04 Å². The van der Waals surface area contributed by atoms with Crippen LogP contribution in [0, 0.1) is 0 Å². The van der Waals surface area contributed by atoms with Crippen LogP contribution in [-0.4, -0.2) is 70.3 Å². The molecule has 3 unspecified atom stereocenters. The molecule has 0 radical (unpaired) electrons. The van der Waals surface area contributed by atoms with Gasteiger partial charge in [-0.05, 0) is 6.92 Å². The van der Waals surface area contributed by atoms with Crippen molar-refractivity contribution in [3.63, 3.8) is 0 Å². The van der Waals surface area contributed by atoms with Crippen LogP contribution >= 0.6 is 22.9 Å². The molecule has 7 heteroatoms. The molecular formula is C10H17IN2O4. The van der Waals surface area contributed by atoms with E-state index in [-0.39, 0.29) is 0 Å². The minimum absolute atomic E-state index is 0.384. The zero-order chi connectivity index (χ0) is 12.6. The Labute approximate surface area is 114 Å². The molecule has 0 aliphatic carbocycles. The number of epoxide rings is 1. The SMILES string of the molecule is COC(=O)C1OC1C(O)N1CCN(I)[C@@H](C)C1. The highest BCUT2D eigenvalue weighted by molar-refractivity contribution is 14.1. The minimum atomic E-state index is -0.716. The molecule has 2 saturated heterocycles. The number of nitrogens with zero attached hydrogens (tertiary/aromatic N) is 2. The maximum absolute atomic E-state index is 11.2. The quantitative estimate of drug-likeness (QED) is 0.321. The van der Waals surface area contributed by atoms with Gasteiger partial charge in [-0.15, -0.1) is 0 Å². The molecule has 0 aromatic carbocycles. The van der Waals surface area contributed by atoms with Crippen LogP contribution in [-0.2, 0) is 14.3 Å². The first-order chi connectivity index (χ1) is 8.04. The van der Waals surface area contributed by atoms with Crippen LogP contribution < -0.4 is 0 Å². The van der Waals surface area contributed by atoms with Crippen molar-refractivity contribution < 1.29 is 19.4 Å². The lowest BCUT2D eigenvalue weighted by atomic mass is 10.2. The summed E-state index contributed by atoms with van der Waals surface area (Å²) in [7, 11) is 1.32. The van der Waals surface area contributed by atoms with Crippen LogP contribution in [0.25, 0.3) is 0 Å². The molecule has 0 bridgehead atoms. The van der Waals surface area contributed by atoms with Gasteiger partial charge in [0.25, 0.3) is 0 Å². The third-order valence-electron chi connectivity index (χ3n) is 3.20. The van der Waals surface area contributed by atoms with E-state index in [1.54, 1.807) is 0 Å². The van der Waals surface area contributed by atoms with Gasteiger partial charge in [-0.1, -0.05) is 0 Å². The first-order valence-electron chi connectivity index (χ1n) is 5.62. The normalized spacial score (nSPS) is 36.6. The Bertz CT molecular complexity index is 304. The molecule has 0 amide bonds. The van der Waals surface area contributed by atoms with Crippen molar-refractivity contribution in [2.24, 2.45) is 0 Å². The second-order valence-corrected chi connectivity index (χ2v) is 5.66. The van der Waals surface area contributed by atoms with E-state index in [4.69, 9.17) is 4.74 Å². The largest absolute Gasteiger partial charge is 0.467 e. The summed E-state index contributed by atoms with van der Waals surface area (Å²) in [6.45, 7) is 4.56. The lowest BCUT2D eigenvalue weighted by molar-refractivity contribution is -0.142. The van der Waals surface area contributed by atoms with E-state index in [2.05, 4.69) is 37.6 Å². The van der Waals surface area contributed by atoms with E-state index in [1.807, 2.05) is 4.90 Å². The number of aliphatic hydroxyl groups excluding tert-OH is 1. The number of ether oxygens (including phenoxy) is 2. The van der Waals surface area contributed by atoms with Crippen LogP contribution in [0.4, 0.5) is 0 Å². The fourth-order valence-corrected chi connectivity index (χ4v) is 2.46. The van der Waals surface area contributed by atoms with E-state index < -0.39 is 24.4 Å². The highest BCUT2D eigenvalue weighted by atomic mass is 127. The van der Waals surface area contributed by atoms with Gasteiger partial charge in [0.15, 0.2) is 6.10 Å². The molecule has 0 saturated carbocycles. The maximum Gasteiger partial charge on any atom is 0.337 e. The van der Waals surface area contributed by atoms with E-state index >= 15 is 0 Å². The predicted molar refractivity (Wildman–Crippen MR) is 68.4 cm³/mol. The second kappa shape index (κ2) is 5.35. The molecule has 0 aromatic rings. The van der Waals surface area contributed by atoms with Crippen molar-refractivity contribution in [3.8, 4) is 0 Å². The predicted octanol–water partition coefficient (Wildman–Crippen LogP) is -0.399. The molecule has 0 spiro atoms. The number of hydrogen-bond donors (Lipinski definition) is 1. The molecule has 2 heterocycles. The third-order valence-corrected chi connectivity index (χ3v) is 4.64. The molecule has 2 aliphatic heterocycles. The molecule has 17 heavy (non-hydrogen) atoms. The van der Waals surface area contributed by atoms with Crippen molar-refractivity contribution in [2.75, 3.05) is 26.7 Å². The van der Waals surface area contributed by atoms with Gasteiger partial charge < -0.3 is 14.6 Å². The Morgan fingerprint density at radius 2 is 2.29 bits per heavy atom. The Balaban J connectivity index is 1.85. The Morgan fingerprint density at radius 3 is 2.88 bits per heavy atom. The molecule has 4 atom stereocenters. The van der Waals surface area contributed by atoms with Gasteiger partial charge in [-0.2, -0.15) is 0 Å². The summed E-state index contributed by atoms with van der Waals surface area (Å²) in [5.74, 6) is -0.408. The number of hydrogen-bond acceptors (Lipinski definition) is 6. The lowest BCUT2D eigenvalue weighted by Crippen LogP contribution is -2.53. The molecular weight excluding hydrogens is 339 g/mol. The third kappa shape index (κ3) is 2.90. The zero-order valence-electron chi connectivity index (χ0n) is 9.88. The van der Waals surface area contributed by atoms with E-state index in [0.717, 1.165) is 19.6 Å². The molecule has 6 nitrogen and oxygen atoms in total. The number of rotatable bonds is 3. The fourth-order valence-electron chi connectivity index (χ4n) is 2.07. The molecule has 1 N–H and O–H groups in total. The van der Waals surface area contributed by atoms with Crippen LogP contribution in [0.2, 0.25) is 0 Å². The van der Waals surface area contributed by atoms with Gasteiger partial charge in [-0.25, -0.2) is 7.91 Å². The summed E-state index contributed by atoms with van der Waals surface area (Å²) in [6, 6.07) is 0.384. The van der Waals surface area contributed by atoms with Crippen molar-refractivity contribution in [1.82, 2.24) is 8.01 Å². The second-order valence-electron chi connectivity index (χ2n) is 4.43. The molecule has 98 valence electrons. The van der Waals surface area contributed by atoms with Crippen LogP contribution in [0.3, 0.4) is 0 Å². The highest BCUT2D eigenvalue weighted by Gasteiger charge is 2.52. The Kier molecular flexibility index (Phi) is 4.24. The van der Waals surface area contributed by atoms with Crippen molar-refractivity contribution in [1.29, 1.82) is 0 Å². The lowest BCUT2D eigenvalue weighted by Gasteiger charge is -2.38. The Hall–Kier alpha value is 0.0400. The van der Waals surface area contributed by atoms with Gasteiger partial charge in [0.1, 0.15) is 12.3 Å². The zero-order valence-corrected chi connectivity index (χ0v) is 12.0. The average molecular weight is 356 g/mol. The smallest absolute Gasteiger partial charge is 0.337 e. The average Bonchev–Trinajstić information content (AvgIpc) is 3.11. The maximum atomic E-state index is 11.2. The number of halogens is 1. The van der Waals surface area contributed by atoms with Gasteiger partial charge in [0.05, 0.1) is 7.11 Å². The first kappa shape index (κ1) is 13.5. The molecule has 2 fully saturated rings. The fraction of sp³-hybridized carbons (Fsp3) is 0.900. The molecule has 0 aromatic heterocycles. The van der Waals surface area contributed by atoms with Gasteiger partial charge in [0.2, 0.25) is 0 Å². The van der Waals surface area contributed by atoms with Gasteiger partial charge in [0, 0.05) is 48.5 Å². The summed E-state index contributed by atoms with van der Waals surface area (Å²) in [5.41, 5.74) is 0. The number of esters is 1. The van der Waals surface area contributed by atoms with Gasteiger partial charge in [-0.3, -0.25) is 4.90 Å². The van der Waals surface area contributed by atoms with E-state index in [9.17, 15) is 9.90 Å². The van der Waals surface area contributed by atoms with Crippen LogP contribution in [0.1, 0.15) is 6.92 Å². The van der Waals surface area contributed by atoms with Crippen LogP contribution in [0.5, 0.6) is 0 Å². The topological polar surface area (TPSA) is 65.5 Å². The summed E-state index contributed by atoms with van der Waals surface area (Å²) in [4.78, 5) is 13.2. The molecule has 2 rings (SSSR count). The molecule has 2 aliphatic rings. The number of piperazine rings is 1.